The smallest absolute Gasteiger partial charge is 0.242 e. The highest BCUT2D eigenvalue weighted by atomic mass is 32.1. The lowest BCUT2D eigenvalue weighted by atomic mass is 10.1. The zero-order valence-electron chi connectivity index (χ0n) is 12.9. The lowest BCUT2D eigenvalue weighted by Crippen LogP contribution is -2.49. The van der Waals surface area contributed by atoms with Crippen molar-refractivity contribution in [1.82, 2.24) is 16.2 Å². The van der Waals surface area contributed by atoms with Crippen LogP contribution in [0.2, 0.25) is 0 Å². The molecule has 0 bridgehead atoms. The molecule has 0 fully saturated rings. The molecule has 0 aliphatic heterocycles. The van der Waals surface area contributed by atoms with Crippen molar-refractivity contribution >= 4 is 23.2 Å². The average Bonchev–Trinajstić information content (AvgIpc) is 2.52. The van der Waals surface area contributed by atoms with Crippen LogP contribution in [-0.4, -0.2) is 37.1 Å². The Balaban J connectivity index is 2.23. The number of rotatable bonds is 8. The van der Waals surface area contributed by atoms with Crippen LogP contribution in [0.3, 0.4) is 0 Å². The van der Waals surface area contributed by atoms with Gasteiger partial charge < -0.3 is 14.8 Å². The van der Waals surface area contributed by atoms with E-state index in [4.69, 9.17) is 21.7 Å². The first-order valence-electron chi connectivity index (χ1n) is 7.25. The molecule has 0 aromatic heterocycles. The van der Waals surface area contributed by atoms with Gasteiger partial charge in [-0.2, -0.15) is 0 Å². The quantitative estimate of drug-likeness (QED) is 0.378. The molecule has 1 aromatic carbocycles. The summed E-state index contributed by atoms with van der Waals surface area (Å²) in [6.45, 7) is 5.31. The van der Waals surface area contributed by atoms with E-state index < -0.39 is 0 Å². The molecule has 1 aromatic rings. The van der Waals surface area contributed by atoms with E-state index in [-0.39, 0.29) is 18.6 Å². The zero-order valence-corrected chi connectivity index (χ0v) is 13.7. The van der Waals surface area contributed by atoms with Crippen molar-refractivity contribution in [3.63, 3.8) is 0 Å². The van der Waals surface area contributed by atoms with Gasteiger partial charge in [0.05, 0.1) is 13.0 Å². The van der Waals surface area contributed by atoms with Crippen molar-refractivity contribution in [3.05, 3.63) is 35.9 Å². The maximum Gasteiger partial charge on any atom is 0.242 e. The minimum absolute atomic E-state index is 0.165. The van der Waals surface area contributed by atoms with E-state index in [0.29, 0.717) is 24.9 Å². The van der Waals surface area contributed by atoms with Crippen LogP contribution in [0.1, 0.15) is 19.4 Å². The van der Waals surface area contributed by atoms with Crippen LogP contribution < -0.4 is 16.2 Å². The molecule has 0 saturated heterocycles. The third kappa shape index (κ3) is 7.92. The van der Waals surface area contributed by atoms with Gasteiger partial charge in [-0.1, -0.05) is 30.3 Å². The molecule has 122 valence electrons. The van der Waals surface area contributed by atoms with Crippen molar-refractivity contribution in [1.29, 1.82) is 0 Å². The normalized spacial score (nSPS) is 10.3. The fourth-order valence-corrected chi connectivity index (χ4v) is 1.84. The highest BCUT2D eigenvalue weighted by Crippen LogP contribution is 1.98. The molecule has 0 aliphatic carbocycles. The Morgan fingerprint density at radius 3 is 2.36 bits per heavy atom. The summed E-state index contributed by atoms with van der Waals surface area (Å²) in [5.74, 6) is -0.165. The van der Waals surface area contributed by atoms with Gasteiger partial charge >= 0.3 is 0 Å². The molecular formula is C15H23N3O3S. The number of benzene rings is 1. The predicted octanol–water partition coefficient (Wildman–Crippen LogP) is 1.12. The molecule has 0 radical (unpaired) electrons. The minimum Gasteiger partial charge on any atom is -0.356 e. The van der Waals surface area contributed by atoms with Crippen molar-refractivity contribution in [2.24, 2.45) is 0 Å². The number of thiocarbonyl (C=S) groups is 1. The lowest BCUT2D eigenvalue weighted by Gasteiger charge is -2.18. The number of carbonyl (C=O) groups excluding carboxylic acids is 1. The predicted molar refractivity (Wildman–Crippen MR) is 89.1 cm³/mol. The van der Waals surface area contributed by atoms with E-state index >= 15 is 0 Å². The Bertz CT molecular complexity index is 451. The van der Waals surface area contributed by atoms with Crippen LogP contribution in [0.25, 0.3) is 0 Å². The largest absolute Gasteiger partial charge is 0.356 e. The molecule has 0 spiro atoms. The minimum atomic E-state index is -0.366. The summed E-state index contributed by atoms with van der Waals surface area (Å²) >= 11 is 5.08. The number of ether oxygens (including phenoxy) is 2. The second-order valence-electron chi connectivity index (χ2n) is 4.39. The molecular weight excluding hydrogens is 302 g/mol. The molecule has 0 aliphatic rings. The van der Waals surface area contributed by atoms with Crippen LogP contribution in [0.4, 0.5) is 0 Å². The lowest BCUT2D eigenvalue weighted by molar-refractivity contribution is -0.131. The maximum absolute atomic E-state index is 11.7. The summed E-state index contributed by atoms with van der Waals surface area (Å²) in [5, 5.41) is 3.24. The molecule has 0 heterocycles. The van der Waals surface area contributed by atoms with Crippen molar-refractivity contribution in [3.8, 4) is 0 Å². The number of hydrogen-bond donors (Lipinski definition) is 3. The number of amides is 1. The van der Waals surface area contributed by atoms with Crippen LogP contribution >= 0.6 is 12.2 Å². The van der Waals surface area contributed by atoms with Crippen molar-refractivity contribution < 1.29 is 14.3 Å². The fraction of sp³-hybridized carbons (Fsp3) is 0.467. The molecule has 3 N–H and O–H groups in total. The van der Waals surface area contributed by atoms with Crippen molar-refractivity contribution in [2.45, 2.75) is 26.6 Å². The summed E-state index contributed by atoms with van der Waals surface area (Å²) in [4.78, 5) is 11.7. The number of nitrogens with one attached hydrogen (secondary N) is 3. The summed E-state index contributed by atoms with van der Waals surface area (Å²) in [6, 6.07) is 9.48. The van der Waals surface area contributed by atoms with Gasteiger partial charge in [0.1, 0.15) is 0 Å². The van der Waals surface area contributed by atoms with Gasteiger partial charge in [0.2, 0.25) is 5.91 Å². The molecule has 6 nitrogen and oxygen atoms in total. The van der Waals surface area contributed by atoms with Crippen LogP contribution in [-0.2, 0) is 20.7 Å². The molecule has 7 heteroatoms. The monoisotopic (exact) mass is 325 g/mol. The van der Waals surface area contributed by atoms with Gasteiger partial charge in [0.25, 0.3) is 0 Å². The van der Waals surface area contributed by atoms with E-state index in [9.17, 15) is 4.79 Å². The third-order valence-electron chi connectivity index (χ3n) is 2.66. The van der Waals surface area contributed by atoms with Crippen molar-refractivity contribution in [2.75, 3.05) is 19.8 Å². The number of hydrazine groups is 1. The first-order valence-corrected chi connectivity index (χ1v) is 7.66. The fourth-order valence-electron chi connectivity index (χ4n) is 1.71. The number of carbonyl (C=O) groups is 1. The zero-order chi connectivity index (χ0) is 16.2. The van der Waals surface area contributed by atoms with Gasteiger partial charge in [0, 0.05) is 13.2 Å². The summed E-state index contributed by atoms with van der Waals surface area (Å²) in [5.41, 5.74) is 6.13. The highest BCUT2D eigenvalue weighted by molar-refractivity contribution is 7.80. The Morgan fingerprint density at radius 1 is 1.14 bits per heavy atom. The van der Waals surface area contributed by atoms with Crippen LogP contribution in [0.15, 0.2) is 30.3 Å². The summed E-state index contributed by atoms with van der Waals surface area (Å²) < 4.78 is 10.8. The Labute approximate surface area is 136 Å². The molecule has 0 atom stereocenters. The SMILES string of the molecule is CCOC(CNC(=S)NNC(=O)Cc1ccccc1)OCC. The van der Waals surface area contributed by atoms with E-state index in [1.165, 1.54) is 0 Å². The van der Waals surface area contributed by atoms with Gasteiger partial charge in [-0.3, -0.25) is 15.6 Å². The van der Waals surface area contributed by atoms with E-state index in [1.54, 1.807) is 0 Å². The second-order valence-corrected chi connectivity index (χ2v) is 4.79. The average molecular weight is 325 g/mol. The Kier molecular flexibility index (Phi) is 9.13. The molecule has 0 unspecified atom stereocenters. The Hall–Kier alpha value is -1.70. The van der Waals surface area contributed by atoms with Gasteiger partial charge in [-0.25, -0.2) is 0 Å². The van der Waals surface area contributed by atoms with Crippen LogP contribution in [0.5, 0.6) is 0 Å². The van der Waals surface area contributed by atoms with Crippen LogP contribution in [0, 0.1) is 0 Å². The highest BCUT2D eigenvalue weighted by Gasteiger charge is 2.09. The molecule has 1 rings (SSSR count). The molecule has 1 amide bonds. The van der Waals surface area contributed by atoms with Gasteiger partial charge in [-0.15, -0.1) is 0 Å². The summed E-state index contributed by atoms with van der Waals surface area (Å²) in [6.07, 6.45) is -0.0773. The maximum atomic E-state index is 11.7. The topological polar surface area (TPSA) is 71.6 Å². The first kappa shape index (κ1) is 18.3. The number of hydrogen-bond acceptors (Lipinski definition) is 4. The van der Waals surface area contributed by atoms with E-state index in [2.05, 4.69) is 16.2 Å². The van der Waals surface area contributed by atoms with E-state index in [0.717, 1.165) is 5.56 Å². The second kappa shape index (κ2) is 10.9. The van der Waals surface area contributed by atoms with Gasteiger partial charge in [0.15, 0.2) is 11.4 Å². The summed E-state index contributed by atoms with van der Waals surface area (Å²) in [7, 11) is 0. The third-order valence-corrected chi connectivity index (χ3v) is 2.90. The van der Waals surface area contributed by atoms with Gasteiger partial charge in [-0.05, 0) is 31.6 Å². The standard InChI is InChI=1S/C15H23N3O3S/c1-3-20-14(21-4-2)11-16-15(22)18-17-13(19)10-12-8-6-5-7-9-12/h5-9,14H,3-4,10-11H2,1-2H3,(H,17,19)(H2,16,18,22). The molecule has 22 heavy (non-hydrogen) atoms. The van der Waals surface area contributed by atoms with E-state index in [1.807, 2.05) is 44.2 Å². The Morgan fingerprint density at radius 2 is 1.77 bits per heavy atom. The first-order chi connectivity index (χ1) is 10.7. The molecule has 0 saturated carbocycles.